The minimum absolute atomic E-state index is 0.103. The third kappa shape index (κ3) is 3.88. The van der Waals surface area contributed by atoms with Crippen molar-refractivity contribution in [3.63, 3.8) is 0 Å². The van der Waals surface area contributed by atoms with E-state index in [1.165, 1.54) is 19.2 Å². The molecule has 2 aromatic carbocycles. The van der Waals surface area contributed by atoms with Crippen molar-refractivity contribution in [1.82, 2.24) is 0 Å². The number of carbonyl (C=O) groups excluding carboxylic acids is 1. The third-order valence-corrected chi connectivity index (χ3v) is 5.55. The Labute approximate surface area is 146 Å². The van der Waals surface area contributed by atoms with Crippen LogP contribution in [-0.4, -0.2) is 28.0 Å². The fourth-order valence-electron chi connectivity index (χ4n) is 2.22. The number of carbonyl (C=O) groups is 1. The van der Waals surface area contributed by atoms with E-state index in [1.807, 2.05) is 6.92 Å². The Morgan fingerprint density at radius 3 is 2.29 bits per heavy atom. The van der Waals surface area contributed by atoms with Gasteiger partial charge in [-0.2, -0.15) is 0 Å². The second kappa shape index (κ2) is 7.23. The van der Waals surface area contributed by atoms with Crippen molar-refractivity contribution in [3.05, 3.63) is 58.6 Å². The molecule has 128 valence electrons. The van der Waals surface area contributed by atoms with Crippen LogP contribution >= 0.6 is 11.6 Å². The monoisotopic (exact) mass is 367 g/mol. The van der Waals surface area contributed by atoms with Crippen molar-refractivity contribution in [2.75, 3.05) is 18.0 Å². The Bertz CT molecular complexity index is 847. The molecule has 2 aromatic rings. The summed E-state index contributed by atoms with van der Waals surface area (Å²) in [6.45, 7) is 3.18. The average Bonchev–Trinajstić information content (AvgIpc) is 2.53. The SMILES string of the molecule is COC(=O)CN(c1ccc(Cl)cc1C)S(=O)(=O)c1ccc(C)cc1. The largest absolute Gasteiger partial charge is 0.468 e. The number of halogens is 1. The van der Waals surface area contributed by atoms with E-state index in [9.17, 15) is 13.2 Å². The maximum atomic E-state index is 13.0. The summed E-state index contributed by atoms with van der Waals surface area (Å²) in [7, 11) is -2.71. The van der Waals surface area contributed by atoms with Gasteiger partial charge in [-0.1, -0.05) is 29.3 Å². The van der Waals surface area contributed by atoms with Crippen LogP contribution in [0.3, 0.4) is 0 Å². The predicted octanol–water partition coefficient (Wildman–Crippen LogP) is 3.33. The molecule has 0 unspecified atom stereocenters. The van der Waals surface area contributed by atoms with Crippen molar-refractivity contribution in [1.29, 1.82) is 0 Å². The first-order valence-electron chi connectivity index (χ1n) is 7.18. The van der Waals surface area contributed by atoms with E-state index in [0.29, 0.717) is 16.3 Å². The summed E-state index contributed by atoms with van der Waals surface area (Å²) in [6.07, 6.45) is 0. The first kappa shape index (κ1) is 18.3. The lowest BCUT2D eigenvalue weighted by atomic mass is 10.2. The van der Waals surface area contributed by atoms with Gasteiger partial charge in [0, 0.05) is 5.02 Å². The van der Waals surface area contributed by atoms with Gasteiger partial charge in [-0.15, -0.1) is 0 Å². The van der Waals surface area contributed by atoms with Gasteiger partial charge in [-0.05, 0) is 49.7 Å². The molecule has 0 aliphatic carbocycles. The molecule has 0 aliphatic heterocycles. The Kier molecular flexibility index (Phi) is 5.51. The van der Waals surface area contributed by atoms with Crippen LogP contribution < -0.4 is 4.31 Å². The molecular formula is C17H18ClNO4S. The molecule has 24 heavy (non-hydrogen) atoms. The lowest BCUT2D eigenvalue weighted by Crippen LogP contribution is -2.36. The second-order valence-electron chi connectivity index (χ2n) is 5.33. The number of methoxy groups -OCH3 is 1. The normalized spacial score (nSPS) is 11.2. The smallest absolute Gasteiger partial charge is 0.326 e. The van der Waals surface area contributed by atoms with Gasteiger partial charge in [-0.3, -0.25) is 9.10 Å². The number of nitrogens with zero attached hydrogens (tertiary/aromatic N) is 1. The third-order valence-electron chi connectivity index (χ3n) is 3.54. The highest BCUT2D eigenvalue weighted by molar-refractivity contribution is 7.92. The molecule has 0 radical (unpaired) electrons. The van der Waals surface area contributed by atoms with E-state index in [-0.39, 0.29) is 4.90 Å². The van der Waals surface area contributed by atoms with Gasteiger partial charge in [0.05, 0.1) is 17.7 Å². The lowest BCUT2D eigenvalue weighted by Gasteiger charge is -2.25. The minimum Gasteiger partial charge on any atom is -0.468 e. The molecule has 0 aliphatic rings. The summed E-state index contributed by atoms with van der Waals surface area (Å²) < 4.78 is 31.7. The van der Waals surface area contributed by atoms with Crippen molar-refractivity contribution < 1.29 is 17.9 Å². The van der Waals surface area contributed by atoms with Gasteiger partial charge in [0.2, 0.25) is 0 Å². The van der Waals surface area contributed by atoms with E-state index < -0.39 is 22.5 Å². The lowest BCUT2D eigenvalue weighted by molar-refractivity contribution is -0.138. The Morgan fingerprint density at radius 1 is 1.12 bits per heavy atom. The van der Waals surface area contributed by atoms with E-state index in [0.717, 1.165) is 9.87 Å². The topological polar surface area (TPSA) is 63.7 Å². The highest BCUT2D eigenvalue weighted by atomic mass is 35.5. The summed E-state index contributed by atoms with van der Waals surface area (Å²) in [6, 6.07) is 11.2. The summed E-state index contributed by atoms with van der Waals surface area (Å²) in [4.78, 5) is 11.9. The minimum atomic E-state index is -3.92. The zero-order valence-corrected chi connectivity index (χ0v) is 15.2. The molecule has 5 nitrogen and oxygen atoms in total. The van der Waals surface area contributed by atoms with Gasteiger partial charge in [-0.25, -0.2) is 8.42 Å². The van der Waals surface area contributed by atoms with E-state index in [2.05, 4.69) is 4.74 Å². The highest BCUT2D eigenvalue weighted by Gasteiger charge is 2.28. The van der Waals surface area contributed by atoms with Gasteiger partial charge >= 0.3 is 5.97 Å². The number of rotatable bonds is 5. The molecular weight excluding hydrogens is 350 g/mol. The molecule has 0 spiro atoms. The summed E-state index contributed by atoms with van der Waals surface area (Å²) >= 11 is 5.94. The Balaban J connectivity index is 2.57. The Morgan fingerprint density at radius 2 is 1.75 bits per heavy atom. The van der Waals surface area contributed by atoms with E-state index in [4.69, 9.17) is 11.6 Å². The van der Waals surface area contributed by atoms with Crippen LogP contribution in [0.15, 0.2) is 47.4 Å². The molecule has 0 bridgehead atoms. The number of hydrogen-bond acceptors (Lipinski definition) is 4. The highest BCUT2D eigenvalue weighted by Crippen LogP contribution is 2.29. The average molecular weight is 368 g/mol. The number of ether oxygens (including phenoxy) is 1. The van der Waals surface area contributed by atoms with Gasteiger partial charge in [0.1, 0.15) is 6.54 Å². The zero-order valence-electron chi connectivity index (χ0n) is 13.6. The molecule has 0 heterocycles. The fourth-order valence-corrected chi connectivity index (χ4v) is 3.92. The van der Waals surface area contributed by atoms with E-state index in [1.54, 1.807) is 37.3 Å². The van der Waals surface area contributed by atoms with Crippen LogP contribution in [0.25, 0.3) is 0 Å². The number of esters is 1. The first-order chi connectivity index (χ1) is 11.3. The summed E-state index contributed by atoms with van der Waals surface area (Å²) in [5, 5.41) is 0.488. The number of aryl methyl sites for hydroxylation is 2. The standard InChI is InChI=1S/C17H18ClNO4S/c1-12-4-7-15(8-5-12)24(21,22)19(11-17(20)23-3)16-9-6-14(18)10-13(16)2/h4-10H,11H2,1-3H3. The van der Waals surface area contributed by atoms with Crippen molar-refractivity contribution in [2.45, 2.75) is 18.7 Å². The summed E-state index contributed by atoms with van der Waals surface area (Å²) in [5.74, 6) is -0.653. The van der Waals surface area contributed by atoms with Gasteiger partial charge < -0.3 is 4.74 Å². The maximum Gasteiger partial charge on any atom is 0.326 e. The van der Waals surface area contributed by atoms with E-state index >= 15 is 0 Å². The number of anilines is 1. The van der Waals surface area contributed by atoms with Crippen LogP contribution in [-0.2, 0) is 19.6 Å². The molecule has 0 saturated heterocycles. The van der Waals surface area contributed by atoms with Gasteiger partial charge in [0.15, 0.2) is 0 Å². The predicted molar refractivity (Wildman–Crippen MR) is 93.9 cm³/mol. The zero-order chi connectivity index (χ0) is 17.9. The van der Waals surface area contributed by atoms with Gasteiger partial charge in [0.25, 0.3) is 10.0 Å². The molecule has 0 atom stereocenters. The van der Waals surface area contributed by atoms with Crippen LogP contribution in [0.5, 0.6) is 0 Å². The van der Waals surface area contributed by atoms with Crippen LogP contribution in [0.2, 0.25) is 5.02 Å². The first-order valence-corrected chi connectivity index (χ1v) is 9.00. The Hall–Kier alpha value is -2.05. The molecule has 7 heteroatoms. The van der Waals surface area contributed by atoms with Crippen LogP contribution in [0.4, 0.5) is 5.69 Å². The molecule has 0 N–H and O–H groups in total. The molecule has 0 saturated carbocycles. The fraction of sp³-hybridized carbons (Fsp3) is 0.235. The molecule has 0 amide bonds. The summed E-state index contributed by atoms with van der Waals surface area (Å²) in [5.41, 5.74) is 1.96. The van der Waals surface area contributed by atoms with Crippen LogP contribution in [0, 0.1) is 13.8 Å². The van der Waals surface area contributed by atoms with Crippen molar-refractivity contribution in [2.24, 2.45) is 0 Å². The quantitative estimate of drug-likeness (QED) is 0.760. The number of benzene rings is 2. The molecule has 2 rings (SSSR count). The van der Waals surface area contributed by atoms with Crippen LogP contribution in [0.1, 0.15) is 11.1 Å². The second-order valence-corrected chi connectivity index (χ2v) is 7.63. The molecule has 0 aromatic heterocycles. The van der Waals surface area contributed by atoms with Crippen molar-refractivity contribution >= 4 is 33.3 Å². The maximum absolute atomic E-state index is 13.0. The number of sulfonamides is 1. The van der Waals surface area contributed by atoms with Crippen molar-refractivity contribution in [3.8, 4) is 0 Å². The molecule has 0 fully saturated rings. The number of hydrogen-bond donors (Lipinski definition) is 0.